The Morgan fingerprint density at radius 1 is 1.31 bits per heavy atom. The van der Waals surface area contributed by atoms with Gasteiger partial charge in [0.25, 0.3) is 0 Å². The van der Waals surface area contributed by atoms with E-state index in [0.29, 0.717) is 12.0 Å². The van der Waals surface area contributed by atoms with E-state index >= 15 is 0 Å². The first kappa shape index (κ1) is 11.7. The summed E-state index contributed by atoms with van der Waals surface area (Å²) >= 11 is 0. The smallest absolute Gasteiger partial charge is 0.0815 e. The summed E-state index contributed by atoms with van der Waals surface area (Å²) in [6.45, 7) is 5.61. The second-order valence-corrected chi connectivity index (χ2v) is 5.05. The van der Waals surface area contributed by atoms with Crippen molar-refractivity contribution in [2.24, 2.45) is 5.92 Å². The van der Waals surface area contributed by atoms with Crippen LogP contribution in [-0.4, -0.2) is 12.7 Å². The minimum absolute atomic E-state index is 0.536. The predicted molar refractivity (Wildman–Crippen MR) is 67.6 cm³/mol. The van der Waals surface area contributed by atoms with Gasteiger partial charge < -0.3 is 4.74 Å². The van der Waals surface area contributed by atoms with E-state index in [4.69, 9.17) is 4.74 Å². The highest BCUT2D eigenvalue weighted by atomic mass is 16.6. The average Bonchev–Trinajstić information content (AvgIpc) is 3.13. The Hall–Kier alpha value is -0.820. The van der Waals surface area contributed by atoms with Gasteiger partial charge in [0.1, 0.15) is 0 Å². The Kier molecular flexibility index (Phi) is 4.00. The van der Waals surface area contributed by atoms with Crippen LogP contribution in [0.2, 0.25) is 0 Å². The Morgan fingerprint density at radius 2 is 2.00 bits per heavy atom. The van der Waals surface area contributed by atoms with Gasteiger partial charge in [0.15, 0.2) is 0 Å². The van der Waals surface area contributed by atoms with Crippen LogP contribution in [0.3, 0.4) is 0 Å². The summed E-state index contributed by atoms with van der Waals surface area (Å²) in [4.78, 5) is 0. The molecule has 1 fully saturated rings. The zero-order valence-corrected chi connectivity index (χ0v) is 10.4. The highest BCUT2D eigenvalue weighted by Crippen LogP contribution is 2.33. The van der Waals surface area contributed by atoms with E-state index in [-0.39, 0.29) is 0 Å². The van der Waals surface area contributed by atoms with Crippen LogP contribution in [0.1, 0.15) is 44.6 Å². The molecule has 0 aromatic heterocycles. The molecule has 0 N–H and O–H groups in total. The fourth-order valence-corrected chi connectivity index (χ4v) is 2.27. The molecule has 1 nitrogen and oxygen atoms in total. The molecule has 1 aliphatic rings. The number of ether oxygens (including phenoxy) is 1. The summed E-state index contributed by atoms with van der Waals surface area (Å²) in [5.74, 6) is 1.49. The Labute approximate surface area is 98.8 Å². The van der Waals surface area contributed by atoms with E-state index in [1.807, 2.05) is 0 Å². The minimum Gasteiger partial charge on any atom is -0.373 e. The lowest BCUT2D eigenvalue weighted by molar-refractivity contribution is 0.355. The SMILES string of the molecule is CCC(C)CC(CC1CO1)c1ccccc1. The monoisotopic (exact) mass is 218 g/mol. The lowest BCUT2D eigenvalue weighted by Crippen LogP contribution is -2.07. The highest BCUT2D eigenvalue weighted by Gasteiger charge is 2.27. The van der Waals surface area contributed by atoms with Gasteiger partial charge in [-0.3, -0.25) is 0 Å². The van der Waals surface area contributed by atoms with Crippen LogP contribution in [0.15, 0.2) is 30.3 Å². The molecular weight excluding hydrogens is 196 g/mol. The number of hydrogen-bond donors (Lipinski definition) is 0. The average molecular weight is 218 g/mol. The Bertz CT molecular complexity index is 302. The molecule has 1 aromatic rings. The summed E-state index contributed by atoms with van der Waals surface area (Å²) in [5.41, 5.74) is 1.48. The van der Waals surface area contributed by atoms with Crippen LogP contribution >= 0.6 is 0 Å². The fraction of sp³-hybridized carbons (Fsp3) is 0.600. The van der Waals surface area contributed by atoms with Crippen molar-refractivity contribution in [2.45, 2.75) is 45.1 Å². The van der Waals surface area contributed by atoms with Crippen LogP contribution in [0.4, 0.5) is 0 Å². The zero-order chi connectivity index (χ0) is 11.4. The molecule has 0 radical (unpaired) electrons. The van der Waals surface area contributed by atoms with Gasteiger partial charge >= 0.3 is 0 Å². The van der Waals surface area contributed by atoms with E-state index in [1.54, 1.807) is 0 Å². The van der Waals surface area contributed by atoms with Crippen LogP contribution in [-0.2, 0) is 4.74 Å². The minimum atomic E-state index is 0.536. The van der Waals surface area contributed by atoms with Crippen molar-refractivity contribution in [3.05, 3.63) is 35.9 Å². The van der Waals surface area contributed by atoms with Gasteiger partial charge in [0, 0.05) is 0 Å². The summed E-state index contributed by atoms with van der Waals surface area (Å²) < 4.78 is 5.38. The highest BCUT2D eigenvalue weighted by molar-refractivity contribution is 5.20. The first-order valence-electron chi connectivity index (χ1n) is 6.46. The van der Waals surface area contributed by atoms with E-state index in [0.717, 1.165) is 12.5 Å². The molecule has 0 spiro atoms. The van der Waals surface area contributed by atoms with Crippen LogP contribution in [0, 0.1) is 5.92 Å². The summed E-state index contributed by atoms with van der Waals surface area (Å²) in [5, 5.41) is 0. The van der Waals surface area contributed by atoms with Crippen molar-refractivity contribution in [3.63, 3.8) is 0 Å². The molecule has 0 aliphatic carbocycles. The largest absolute Gasteiger partial charge is 0.373 e. The summed E-state index contributed by atoms with van der Waals surface area (Å²) in [7, 11) is 0. The quantitative estimate of drug-likeness (QED) is 0.658. The van der Waals surface area contributed by atoms with Crippen LogP contribution in [0.5, 0.6) is 0 Å². The maximum absolute atomic E-state index is 5.38. The molecule has 88 valence electrons. The lowest BCUT2D eigenvalue weighted by atomic mass is 9.85. The fourth-order valence-electron chi connectivity index (χ4n) is 2.27. The molecule has 3 unspecified atom stereocenters. The van der Waals surface area contributed by atoms with Gasteiger partial charge in [0.2, 0.25) is 0 Å². The molecule has 1 aliphatic heterocycles. The van der Waals surface area contributed by atoms with E-state index < -0.39 is 0 Å². The molecule has 3 atom stereocenters. The van der Waals surface area contributed by atoms with E-state index in [1.165, 1.54) is 24.8 Å². The Balaban J connectivity index is 2.01. The van der Waals surface area contributed by atoms with Gasteiger partial charge in [0.05, 0.1) is 12.7 Å². The number of epoxide rings is 1. The second-order valence-electron chi connectivity index (χ2n) is 5.05. The number of benzene rings is 1. The second kappa shape index (κ2) is 5.49. The summed E-state index contributed by atoms with van der Waals surface area (Å²) in [6, 6.07) is 10.9. The van der Waals surface area contributed by atoms with Crippen molar-refractivity contribution in [2.75, 3.05) is 6.61 Å². The maximum Gasteiger partial charge on any atom is 0.0815 e. The van der Waals surface area contributed by atoms with E-state index in [2.05, 4.69) is 44.2 Å². The molecule has 0 amide bonds. The van der Waals surface area contributed by atoms with Gasteiger partial charge in [-0.15, -0.1) is 0 Å². The molecule has 0 bridgehead atoms. The molecule has 2 rings (SSSR count). The van der Waals surface area contributed by atoms with Crippen LogP contribution < -0.4 is 0 Å². The topological polar surface area (TPSA) is 12.5 Å². The van der Waals surface area contributed by atoms with Gasteiger partial charge in [-0.25, -0.2) is 0 Å². The summed E-state index contributed by atoms with van der Waals surface area (Å²) in [6.07, 6.45) is 4.30. The maximum atomic E-state index is 5.38. The first-order chi connectivity index (χ1) is 7.79. The Morgan fingerprint density at radius 3 is 2.56 bits per heavy atom. The van der Waals surface area contributed by atoms with Gasteiger partial charge in [-0.05, 0) is 30.2 Å². The standard InChI is InChI=1S/C15H22O/c1-3-12(2)9-14(10-15-11-16-15)13-7-5-4-6-8-13/h4-8,12,14-15H,3,9-11H2,1-2H3. The third-order valence-corrected chi connectivity index (χ3v) is 3.60. The molecule has 1 heterocycles. The first-order valence-corrected chi connectivity index (χ1v) is 6.46. The van der Waals surface area contributed by atoms with Crippen molar-refractivity contribution >= 4 is 0 Å². The molecule has 0 saturated carbocycles. The van der Waals surface area contributed by atoms with Crippen LogP contribution in [0.25, 0.3) is 0 Å². The third-order valence-electron chi connectivity index (χ3n) is 3.60. The number of hydrogen-bond acceptors (Lipinski definition) is 1. The predicted octanol–water partition coefficient (Wildman–Crippen LogP) is 4.00. The molecule has 1 saturated heterocycles. The lowest BCUT2D eigenvalue weighted by Gasteiger charge is -2.20. The van der Waals surface area contributed by atoms with Gasteiger partial charge in [-0.2, -0.15) is 0 Å². The normalized spacial score (nSPS) is 22.8. The molecular formula is C15H22O. The third kappa shape index (κ3) is 3.34. The molecule has 16 heavy (non-hydrogen) atoms. The molecule has 1 aromatic carbocycles. The molecule has 1 heteroatoms. The van der Waals surface area contributed by atoms with Crippen molar-refractivity contribution in [3.8, 4) is 0 Å². The van der Waals surface area contributed by atoms with E-state index in [9.17, 15) is 0 Å². The van der Waals surface area contributed by atoms with Crippen molar-refractivity contribution in [1.82, 2.24) is 0 Å². The van der Waals surface area contributed by atoms with Gasteiger partial charge in [-0.1, -0.05) is 50.6 Å². The van der Waals surface area contributed by atoms with Crippen molar-refractivity contribution in [1.29, 1.82) is 0 Å². The number of rotatable bonds is 6. The zero-order valence-electron chi connectivity index (χ0n) is 10.4. The van der Waals surface area contributed by atoms with Crippen molar-refractivity contribution < 1.29 is 4.74 Å².